The largest absolute Gasteiger partial charge is 0.397 e. The highest BCUT2D eigenvalue weighted by molar-refractivity contribution is 5.66. The predicted molar refractivity (Wildman–Crippen MR) is 88.5 cm³/mol. The van der Waals surface area contributed by atoms with E-state index in [1.54, 1.807) is 0 Å². The van der Waals surface area contributed by atoms with Crippen LogP contribution in [0.15, 0.2) is 36.4 Å². The molecular weight excluding hydrogens is 244 g/mol. The van der Waals surface area contributed by atoms with Crippen molar-refractivity contribution in [2.45, 2.75) is 27.2 Å². The van der Waals surface area contributed by atoms with Gasteiger partial charge in [-0.05, 0) is 61.6 Å². The van der Waals surface area contributed by atoms with E-state index < -0.39 is 0 Å². The number of likely N-dealkylation sites (N-methyl/N-ethyl adjacent to an activating group) is 1. The van der Waals surface area contributed by atoms with Crippen LogP contribution in [0.3, 0.4) is 0 Å². The van der Waals surface area contributed by atoms with Crippen molar-refractivity contribution in [3.8, 4) is 0 Å². The maximum Gasteiger partial charge on any atom is 0.0597 e. The van der Waals surface area contributed by atoms with E-state index in [2.05, 4.69) is 50.9 Å². The fourth-order valence-corrected chi connectivity index (χ4v) is 2.53. The van der Waals surface area contributed by atoms with Crippen LogP contribution in [0.4, 0.5) is 11.4 Å². The first kappa shape index (κ1) is 14.4. The quantitative estimate of drug-likeness (QED) is 0.853. The number of nitrogens with zero attached hydrogens (tertiary/aromatic N) is 1. The molecule has 106 valence electrons. The number of anilines is 2. The van der Waals surface area contributed by atoms with Crippen LogP contribution in [0.25, 0.3) is 0 Å². The van der Waals surface area contributed by atoms with Gasteiger partial charge in [-0.3, -0.25) is 0 Å². The number of nitrogens with two attached hydrogens (primary N) is 1. The highest BCUT2D eigenvalue weighted by Gasteiger charge is 2.07. The fourth-order valence-electron chi connectivity index (χ4n) is 2.53. The Morgan fingerprint density at radius 3 is 2.30 bits per heavy atom. The molecule has 0 radical (unpaired) electrons. The van der Waals surface area contributed by atoms with Crippen molar-refractivity contribution in [2.75, 3.05) is 24.2 Å². The number of nitrogen functional groups attached to an aromatic ring is 1. The third kappa shape index (κ3) is 3.13. The molecule has 0 fully saturated rings. The average Bonchev–Trinajstić information content (AvgIpc) is 2.41. The first-order valence-corrected chi connectivity index (χ1v) is 7.11. The van der Waals surface area contributed by atoms with Crippen LogP contribution >= 0.6 is 0 Å². The molecule has 2 aromatic rings. The van der Waals surface area contributed by atoms with Crippen molar-refractivity contribution in [3.63, 3.8) is 0 Å². The molecule has 2 aromatic carbocycles. The standard InChI is InChI=1S/C18H24N2/c1-13-11-15(3)16(12-14(13)2)9-10-20(4)18-8-6-5-7-17(18)19/h5-8,11-12H,9-10,19H2,1-4H3. The molecule has 20 heavy (non-hydrogen) atoms. The van der Waals surface area contributed by atoms with Crippen LogP contribution in [0, 0.1) is 20.8 Å². The molecule has 0 atom stereocenters. The van der Waals surface area contributed by atoms with Gasteiger partial charge in [-0.2, -0.15) is 0 Å². The second-order valence-corrected chi connectivity index (χ2v) is 5.59. The van der Waals surface area contributed by atoms with Gasteiger partial charge in [-0.15, -0.1) is 0 Å². The van der Waals surface area contributed by atoms with Crippen LogP contribution < -0.4 is 10.6 Å². The number of aryl methyl sites for hydroxylation is 3. The van der Waals surface area contributed by atoms with Crippen LogP contribution in [0.1, 0.15) is 22.3 Å². The molecule has 0 amide bonds. The van der Waals surface area contributed by atoms with Gasteiger partial charge in [0.1, 0.15) is 0 Å². The highest BCUT2D eigenvalue weighted by Crippen LogP contribution is 2.22. The lowest BCUT2D eigenvalue weighted by molar-refractivity contribution is 0.871. The number of para-hydroxylation sites is 2. The Morgan fingerprint density at radius 2 is 1.60 bits per heavy atom. The second kappa shape index (κ2) is 6.00. The van der Waals surface area contributed by atoms with Gasteiger partial charge >= 0.3 is 0 Å². The smallest absolute Gasteiger partial charge is 0.0597 e. The highest BCUT2D eigenvalue weighted by atomic mass is 15.1. The number of hydrogen-bond donors (Lipinski definition) is 1. The lowest BCUT2D eigenvalue weighted by Crippen LogP contribution is -2.21. The van der Waals surface area contributed by atoms with Crippen LogP contribution in [-0.2, 0) is 6.42 Å². The molecule has 0 unspecified atom stereocenters. The predicted octanol–water partition coefficient (Wildman–Crippen LogP) is 3.87. The summed E-state index contributed by atoms with van der Waals surface area (Å²) in [5.74, 6) is 0. The minimum Gasteiger partial charge on any atom is -0.397 e. The van der Waals surface area contributed by atoms with Gasteiger partial charge in [0.05, 0.1) is 11.4 Å². The van der Waals surface area contributed by atoms with Gasteiger partial charge < -0.3 is 10.6 Å². The second-order valence-electron chi connectivity index (χ2n) is 5.59. The summed E-state index contributed by atoms with van der Waals surface area (Å²) in [6, 6.07) is 12.6. The summed E-state index contributed by atoms with van der Waals surface area (Å²) in [5.41, 5.74) is 13.5. The van der Waals surface area contributed by atoms with Gasteiger partial charge in [0.25, 0.3) is 0 Å². The van der Waals surface area contributed by atoms with E-state index in [0.717, 1.165) is 24.3 Å². The maximum atomic E-state index is 6.02. The molecule has 0 spiro atoms. The molecular formula is C18H24N2. The zero-order valence-corrected chi connectivity index (χ0v) is 12.9. The Hall–Kier alpha value is -1.96. The van der Waals surface area contributed by atoms with E-state index in [4.69, 9.17) is 5.73 Å². The molecule has 2 N–H and O–H groups in total. The van der Waals surface area contributed by atoms with Gasteiger partial charge in [0.2, 0.25) is 0 Å². The summed E-state index contributed by atoms with van der Waals surface area (Å²) in [5, 5.41) is 0. The molecule has 2 rings (SSSR count). The summed E-state index contributed by atoms with van der Waals surface area (Å²) in [4.78, 5) is 2.23. The number of benzene rings is 2. The van der Waals surface area contributed by atoms with Gasteiger partial charge in [0.15, 0.2) is 0 Å². The molecule has 0 aliphatic heterocycles. The van der Waals surface area contributed by atoms with E-state index in [0.29, 0.717) is 0 Å². The van der Waals surface area contributed by atoms with Gasteiger partial charge in [0, 0.05) is 13.6 Å². The molecule has 2 heteroatoms. The molecule has 0 aromatic heterocycles. The zero-order chi connectivity index (χ0) is 14.7. The van der Waals surface area contributed by atoms with Crippen molar-refractivity contribution in [3.05, 3.63) is 58.7 Å². The Bertz CT molecular complexity index is 602. The molecule has 0 saturated carbocycles. The minimum atomic E-state index is 0.840. The van der Waals surface area contributed by atoms with E-state index >= 15 is 0 Å². The minimum absolute atomic E-state index is 0.840. The SMILES string of the molecule is Cc1cc(C)c(CCN(C)c2ccccc2N)cc1C. The Morgan fingerprint density at radius 1 is 0.950 bits per heavy atom. The molecule has 0 saturated heterocycles. The van der Waals surface area contributed by atoms with Crippen molar-refractivity contribution >= 4 is 11.4 Å². The summed E-state index contributed by atoms with van der Waals surface area (Å²) >= 11 is 0. The van der Waals surface area contributed by atoms with Crippen LogP contribution in [0.2, 0.25) is 0 Å². The topological polar surface area (TPSA) is 29.3 Å². The third-order valence-corrected chi connectivity index (χ3v) is 4.02. The summed E-state index contributed by atoms with van der Waals surface area (Å²) in [6.07, 6.45) is 1.04. The molecule has 0 aliphatic rings. The van der Waals surface area contributed by atoms with E-state index in [1.807, 2.05) is 18.2 Å². The number of hydrogen-bond acceptors (Lipinski definition) is 2. The summed E-state index contributed by atoms with van der Waals surface area (Å²) < 4.78 is 0. The number of rotatable bonds is 4. The average molecular weight is 268 g/mol. The first-order chi connectivity index (χ1) is 9.49. The molecule has 2 nitrogen and oxygen atoms in total. The lowest BCUT2D eigenvalue weighted by Gasteiger charge is -2.21. The van der Waals surface area contributed by atoms with Crippen LogP contribution in [-0.4, -0.2) is 13.6 Å². The lowest BCUT2D eigenvalue weighted by atomic mass is 9.98. The van der Waals surface area contributed by atoms with Gasteiger partial charge in [-0.25, -0.2) is 0 Å². The first-order valence-electron chi connectivity index (χ1n) is 7.11. The van der Waals surface area contributed by atoms with E-state index in [9.17, 15) is 0 Å². The van der Waals surface area contributed by atoms with E-state index in [1.165, 1.54) is 22.3 Å². The van der Waals surface area contributed by atoms with Crippen molar-refractivity contribution in [1.82, 2.24) is 0 Å². The molecule has 0 heterocycles. The van der Waals surface area contributed by atoms with Crippen molar-refractivity contribution in [1.29, 1.82) is 0 Å². The van der Waals surface area contributed by atoms with Gasteiger partial charge in [-0.1, -0.05) is 24.3 Å². The van der Waals surface area contributed by atoms with Crippen LogP contribution in [0.5, 0.6) is 0 Å². The Labute approximate surface area is 122 Å². The van der Waals surface area contributed by atoms with Crippen molar-refractivity contribution < 1.29 is 0 Å². The summed E-state index contributed by atoms with van der Waals surface area (Å²) in [6.45, 7) is 7.51. The van der Waals surface area contributed by atoms with Crippen molar-refractivity contribution in [2.24, 2.45) is 0 Å². The molecule has 0 bridgehead atoms. The maximum absolute atomic E-state index is 6.02. The Balaban J connectivity index is 2.09. The zero-order valence-electron chi connectivity index (χ0n) is 12.9. The fraction of sp³-hybridized carbons (Fsp3) is 0.333. The normalized spacial score (nSPS) is 10.6. The Kier molecular flexibility index (Phi) is 4.33. The summed E-state index contributed by atoms with van der Waals surface area (Å²) in [7, 11) is 2.10. The van der Waals surface area contributed by atoms with E-state index in [-0.39, 0.29) is 0 Å². The molecule has 0 aliphatic carbocycles. The third-order valence-electron chi connectivity index (χ3n) is 4.02. The monoisotopic (exact) mass is 268 g/mol.